The minimum absolute atomic E-state index is 0.000756. The molecule has 3 amide bonds. The number of fused-ring (bicyclic) bond motifs is 1. The molecule has 0 bridgehead atoms. The number of aliphatic carboxylic acids is 3. The molecule has 5 aliphatic rings. The van der Waals surface area contributed by atoms with Crippen molar-refractivity contribution in [2.24, 2.45) is 28.7 Å². The van der Waals surface area contributed by atoms with Crippen LogP contribution in [0.2, 0.25) is 0 Å². The number of aliphatic hydroxyl groups excluding tert-OH is 1. The van der Waals surface area contributed by atoms with Gasteiger partial charge < -0.3 is 56.4 Å². The zero-order valence-corrected chi connectivity index (χ0v) is 37.7. The van der Waals surface area contributed by atoms with Crippen LogP contribution in [-0.2, 0) is 33.5 Å². The molecule has 3 saturated heterocycles. The standard InChI is InChI=1S/C44H50N6O14S2/c1-17-31(49-32(42(59)60)35(17)65-25-13-27(45-15-25)37(52)47-23-9-5-7-21(11-23)40(55)56)30(41(57)58)20(4)64-44(63)22-8-6-10-24(12-22)48-38(53)28-14-26(16-46-28)66-36-18(2)33-29(19(3)51)39(54)50(33)34(36)43(61)62/h5-12,17-20,25-31,33,35,45-46,51H,13-16H2,1-4H3,(H,47,52)(H,48,53)(H,55,56)(H,57,58)(H,59,60)(H,61,62)/t17-,18-,19-,20-,25?,26?,27+,28?,29?,30?,31?,33-,35?/m1/s1. The summed E-state index contributed by atoms with van der Waals surface area (Å²) in [6.45, 7) is 7.08. The SMILES string of the molecule is C[C@H]1C(SC2CN[C@H](C(=O)Nc3cccc(C(=O)O)c3)C2)C(C(=O)O)=NC1C(C(=O)O)[C@@H](C)OC(=O)c1cccc(NC(=O)C2CC(SC3=C(C(=O)O)N4C(=O)C([C@@H](C)O)[C@H]4[C@H]3C)CN2)c1. The lowest BCUT2D eigenvalue weighted by molar-refractivity contribution is -0.163. The van der Waals surface area contributed by atoms with E-state index in [0.29, 0.717) is 36.5 Å². The Balaban J connectivity index is 0.939. The van der Waals surface area contributed by atoms with Crippen LogP contribution in [0.4, 0.5) is 11.4 Å². The number of benzene rings is 2. The minimum Gasteiger partial charge on any atom is -0.481 e. The van der Waals surface area contributed by atoms with E-state index in [0.717, 1.165) is 0 Å². The molecule has 352 valence electrons. The van der Waals surface area contributed by atoms with Crippen LogP contribution in [0.25, 0.3) is 0 Å². The van der Waals surface area contributed by atoms with Gasteiger partial charge in [-0.2, -0.15) is 0 Å². The number of aromatic carboxylic acids is 1. The van der Waals surface area contributed by atoms with Crippen molar-refractivity contribution in [3.05, 3.63) is 70.3 Å². The molecule has 9 N–H and O–H groups in total. The van der Waals surface area contributed by atoms with Crippen molar-refractivity contribution in [3.63, 3.8) is 0 Å². The zero-order chi connectivity index (χ0) is 47.9. The molecule has 66 heavy (non-hydrogen) atoms. The summed E-state index contributed by atoms with van der Waals surface area (Å²) in [4.78, 5) is 108. The van der Waals surface area contributed by atoms with Crippen molar-refractivity contribution in [1.29, 1.82) is 0 Å². The van der Waals surface area contributed by atoms with Crippen molar-refractivity contribution in [2.75, 3.05) is 23.7 Å². The van der Waals surface area contributed by atoms with Crippen LogP contribution in [0, 0.1) is 23.7 Å². The van der Waals surface area contributed by atoms with Crippen LogP contribution >= 0.6 is 23.5 Å². The van der Waals surface area contributed by atoms with Crippen molar-refractivity contribution in [1.82, 2.24) is 15.5 Å². The van der Waals surface area contributed by atoms with Gasteiger partial charge in [0.15, 0.2) is 0 Å². The molecule has 7 unspecified atom stereocenters. The Morgan fingerprint density at radius 2 is 1.39 bits per heavy atom. The predicted octanol–water partition coefficient (Wildman–Crippen LogP) is 2.20. The number of aliphatic hydroxyl groups is 1. The number of carboxylic acids is 4. The number of esters is 1. The van der Waals surface area contributed by atoms with Crippen LogP contribution in [-0.4, -0.2) is 149 Å². The van der Waals surface area contributed by atoms with Crippen molar-refractivity contribution < 1.29 is 68.6 Å². The number of β-lactam (4-membered cyclic amide) rings is 1. The molecular formula is C44H50N6O14S2. The summed E-state index contributed by atoms with van der Waals surface area (Å²) in [7, 11) is 0. The van der Waals surface area contributed by atoms with Gasteiger partial charge in [0, 0.05) is 45.8 Å². The number of nitrogens with one attached hydrogen (secondary N) is 4. The maximum atomic E-state index is 13.5. The molecule has 13 atom stereocenters. The summed E-state index contributed by atoms with van der Waals surface area (Å²) in [5, 5.41) is 60.5. The number of carbonyl (C=O) groups is 8. The number of carboxylic acid groups (broad SMARTS) is 4. The number of aliphatic imine (C=N–C) groups is 1. The highest BCUT2D eigenvalue weighted by molar-refractivity contribution is 8.03. The third kappa shape index (κ3) is 9.68. The second kappa shape index (κ2) is 19.6. The molecule has 2 aromatic carbocycles. The first-order chi connectivity index (χ1) is 31.2. The lowest BCUT2D eigenvalue weighted by Gasteiger charge is -2.46. The fraction of sp³-hybridized carbons (Fsp3) is 0.477. The molecule has 5 aliphatic heterocycles. The number of nitrogens with zero attached hydrogens (tertiary/aromatic N) is 2. The van der Waals surface area contributed by atoms with Gasteiger partial charge in [-0.25, -0.2) is 19.2 Å². The highest BCUT2D eigenvalue weighted by Gasteiger charge is 2.60. The molecule has 7 rings (SSSR count). The number of anilines is 2. The van der Waals surface area contributed by atoms with E-state index in [1.807, 2.05) is 6.92 Å². The van der Waals surface area contributed by atoms with E-state index in [-0.39, 0.29) is 44.6 Å². The average Bonchev–Trinajstić information content (AvgIpc) is 4.04. The molecule has 0 spiro atoms. The molecule has 0 aliphatic carbocycles. The third-order valence-electron chi connectivity index (χ3n) is 12.7. The van der Waals surface area contributed by atoms with E-state index in [2.05, 4.69) is 26.3 Å². The van der Waals surface area contributed by atoms with Crippen LogP contribution in [0.15, 0.2) is 64.1 Å². The first-order valence-electron chi connectivity index (χ1n) is 21.3. The summed E-state index contributed by atoms with van der Waals surface area (Å²) < 4.78 is 5.67. The Morgan fingerprint density at radius 1 is 0.818 bits per heavy atom. The number of ether oxygens (including phenoxy) is 1. The van der Waals surface area contributed by atoms with Gasteiger partial charge in [0.2, 0.25) is 17.7 Å². The number of amides is 3. The fourth-order valence-corrected chi connectivity index (χ4v) is 12.6. The summed E-state index contributed by atoms with van der Waals surface area (Å²) in [6.07, 6.45) is -1.60. The maximum absolute atomic E-state index is 13.5. The maximum Gasteiger partial charge on any atom is 0.353 e. The number of carbonyl (C=O) groups excluding carboxylic acids is 4. The van der Waals surface area contributed by atoms with E-state index < -0.39 is 107 Å². The van der Waals surface area contributed by atoms with Crippen LogP contribution in [0.5, 0.6) is 0 Å². The molecular weight excluding hydrogens is 901 g/mol. The summed E-state index contributed by atoms with van der Waals surface area (Å²) in [5.41, 5.74) is 0.209. The van der Waals surface area contributed by atoms with Gasteiger partial charge >= 0.3 is 29.8 Å². The Hall–Kier alpha value is -5.81. The van der Waals surface area contributed by atoms with Gasteiger partial charge in [-0.1, -0.05) is 26.0 Å². The van der Waals surface area contributed by atoms with Gasteiger partial charge in [0.05, 0.1) is 52.6 Å². The summed E-state index contributed by atoms with van der Waals surface area (Å²) in [5.74, 6) is -10.4. The first-order valence-corrected chi connectivity index (χ1v) is 23.1. The normalized spacial score (nSPS) is 29.3. The molecule has 20 nitrogen and oxygen atoms in total. The number of hydrogen-bond donors (Lipinski definition) is 9. The molecule has 3 fully saturated rings. The molecule has 22 heteroatoms. The smallest absolute Gasteiger partial charge is 0.353 e. The highest BCUT2D eigenvalue weighted by atomic mass is 32.2. The Labute approximate surface area is 386 Å². The molecule has 0 saturated carbocycles. The monoisotopic (exact) mass is 950 g/mol. The number of rotatable bonds is 17. The first kappa shape index (κ1) is 48.1. The second-order valence-corrected chi connectivity index (χ2v) is 20.0. The van der Waals surface area contributed by atoms with E-state index in [9.17, 15) is 63.9 Å². The second-order valence-electron chi connectivity index (χ2n) is 17.2. The van der Waals surface area contributed by atoms with Crippen LogP contribution in [0.1, 0.15) is 61.3 Å². The van der Waals surface area contributed by atoms with Crippen molar-refractivity contribution in [2.45, 2.75) is 92.7 Å². The van der Waals surface area contributed by atoms with Crippen LogP contribution in [0.3, 0.4) is 0 Å². The molecule has 0 aromatic heterocycles. The van der Waals surface area contributed by atoms with Gasteiger partial charge in [-0.05, 0) is 69.0 Å². The fourth-order valence-electron chi connectivity index (χ4n) is 9.46. The highest BCUT2D eigenvalue weighted by Crippen LogP contribution is 2.52. The van der Waals surface area contributed by atoms with E-state index in [1.54, 1.807) is 19.1 Å². The van der Waals surface area contributed by atoms with Gasteiger partial charge in [-0.3, -0.25) is 24.2 Å². The minimum atomic E-state index is -1.45. The lowest BCUT2D eigenvalue weighted by Crippen LogP contribution is -2.63. The van der Waals surface area contributed by atoms with Gasteiger partial charge in [0.1, 0.15) is 23.4 Å². The predicted molar refractivity (Wildman–Crippen MR) is 240 cm³/mol. The topological polar surface area (TPSA) is 311 Å². The molecule has 0 radical (unpaired) electrons. The quantitative estimate of drug-likeness (QED) is 0.0811. The van der Waals surface area contributed by atoms with Crippen molar-refractivity contribution >= 4 is 88.2 Å². The third-order valence-corrected chi connectivity index (χ3v) is 15.9. The summed E-state index contributed by atoms with van der Waals surface area (Å²) >= 11 is 2.56. The van der Waals surface area contributed by atoms with Crippen molar-refractivity contribution in [3.8, 4) is 0 Å². The van der Waals surface area contributed by atoms with Gasteiger partial charge in [-0.15, -0.1) is 23.5 Å². The zero-order valence-electron chi connectivity index (χ0n) is 36.1. The van der Waals surface area contributed by atoms with E-state index in [1.165, 1.54) is 78.7 Å². The summed E-state index contributed by atoms with van der Waals surface area (Å²) in [6, 6.07) is 8.73. The van der Waals surface area contributed by atoms with E-state index >= 15 is 0 Å². The average molecular weight is 951 g/mol. The lowest BCUT2D eigenvalue weighted by atomic mass is 9.79. The number of thioether (sulfide) groups is 2. The Morgan fingerprint density at radius 3 is 1.95 bits per heavy atom. The van der Waals surface area contributed by atoms with Gasteiger partial charge in [0.25, 0.3) is 0 Å². The van der Waals surface area contributed by atoms with E-state index in [4.69, 9.17) is 4.74 Å². The Bertz CT molecular complexity index is 2410. The van der Waals surface area contributed by atoms with Crippen LogP contribution < -0.4 is 21.3 Å². The largest absolute Gasteiger partial charge is 0.481 e. The molecule has 5 heterocycles. The number of hydrogen-bond acceptors (Lipinski definition) is 15. The Kier molecular flexibility index (Phi) is 14.3. The molecule has 2 aromatic rings.